The van der Waals surface area contributed by atoms with Gasteiger partial charge in [-0.25, -0.2) is 8.42 Å². The lowest BCUT2D eigenvalue weighted by atomic mass is 9.97. The molecule has 1 unspecified atom stereocenters. The molecule has 2 heterocycles. The van der Waals surface area contributed by atoms with E-state index in [1.165, 1.54) is 24.5 Å². The molecule has 3 aromatic rings. The third kappa shape index (κ3) is 2.57. The Labute approximate surface area is 157 Å². The molecule has 1 aromatic heterocycles. The third-order valence-corrected chi connectivity index (χ3v) is 7.31. The Morgan fingerprint density at radius 3 is 2.65 bits per heavy atom. The monoisotopic (exact) mass is 387 g/mol. The summed E-state index contributed by atoms with van der Waals surface area (Å²) in [6.45, 7) is 0.936. The molecule has 0 bridgehead atoms. The molecule has 134 valence electrons. The third-order valence-electron chi connectivity index (χ3n) is 5.33. The molecular formula is C20H18ClNO3S. The largest absolute Gasteiger partial charge is 0.459 e. The fourth-order valence-corrected chi connectivity index (χ4v) is 5.43. The molecule has 4 nitrogen and oxygen atoms in total. The molecule has 0 spiro atoms. The maximum absolute atomic E-state index is 12.9. The number of hydrogen-bond donors (Lipinski definition) is 1. The van der Waals surface area contributed by atoms with Gasteiger partial charge in [0.1, 0.15) is 11.3 Å². The van der Waals surface area contributed by atoms with Gasteiger partial charge in [-0.15, -0.1) is 0 Å². The van der Waals surface area contributed by atoms with Crippen LogP contribution in [0.3, 0.4) is 0 Å². The second kappa shape index (κ2) is 5.84. The van der Waals surface area contributed by atoms with Gasteiger partial charge in [0.2, 0.25) is 9.84 Å². The molecule has 5 rings (SSSR count). The van der Waals surface area contributed by atoms with Crippen LogP contribution in [0.25, 0.3) is 11.0 Å². The van der Waals surface area contributed by atoms with E-state index in [2.05, 4.69) is 5.32 Å². The van der Waals surface area contributed by atoms with E-state index in [0.29, 0.717) is 16.5 Å². The highest BCUT2D eigenvalue weighted by Gasteiger charge is 2.38. The average Bonchev–Trinajstić information content (AvgIpc) is 3.41. The van der Waals surface area contributed by atoms with Crippen molar-refractivity contribution in [2.75, 3.05) is 6.54 Å². The molecule has 0 saturated heterocycles. The molecule has 1 N–H and O–H groups in total. The molecule has 1 atom stereocenters. The van der Waals surface area contributed by atoms with Crippen molar-refractivity contribution < 1.29 is 12.8 Å². The fraction of sp³-hybridized carbons (Fsp3) is 0.300. The number of rotatable bonds is 3. The number of sulfone groups is 1. The molecule has 1 aliphatic heterocycles. The minimum atomic E-state index is -3.63. The maximum Gasteiger partial charge on any atom is 0.206 e. The Bertz CT molecular complexity index is 1120. The number of fused-ring (bicyclic) bond motifs is 3. The quantitative estimate of drug-likeness (QED) is 0.718. The first-order valence-corrected chi connectivity index (χ1v) is 10.7. The van der Waals surface area contributed by atoms with Crippen LogP contribution < -0.4 is 5.32 Å². The normalized spacial score (nSPS) is 20.3. The van der Waals surface area contributed by atoms with Crippen LogP contribution in [0.4, 0.5) is 0 Å². The molecular weight excluding hydrogens is 370 g/mol. The van der Waals surface area contributed by atoms with Crippen molar-refractivity contribution in [3.63, 3.8) is 0 Å². The van der Waals surface area contributed by atoms with Gasteiger partial charge >= 0.3 is 0 Å². The van der Waals surface area contributed by atoms with Gasteiger partial charge in [0.15, 0.2) is 0 Å². The van der Waals surface area contributed by atoms with Crippen molar-refractivity contribution in [1.82, 2.24) is 5.32 Å². The van der Waals surface area contributed by atoms with Crippen LogP contribution >= 0.6 is 11.6 Å². The lowest BCUT2D eigenvalue weighted by molar-refractivity contribution is 0.374. The first-order chi connectivity index (χ1) is 12.5. The second-order valence-electron chi connectivity index (χ2n) is 7.08. The van der Waals surface area contributed by atoms with Gasteiger partial charge in [0.05, 0.1) is 15.8 Å². The molecule has 1 aliphatic carbocycles. The maximum atomic E-state index is 12.9. The zero-order chi connectivity index (χ0) is 17.9. The van der Waals surface area contributed by atoms with E-state index >= 15 is 0 Å². The van der Waals surface area contributed by atoms with Gasteiger partial charge < -0.3 is 9.73 Å². The number of nitrogens with one attached hydrogen (secondary N) is 1. The van der Waals surface area contributed by atoms with E-state index in [0.717, 1.165) is 24.1 Å². The minimum absolute atomic E-state index is 0.193. The van der Waals surface area contributed by atoms with E-state index in [1.54, 1.807) is 30.3 Å². The lowest BCUT2D eigenvalue weighted by Crippen LogP contribution is -2.30. The Balaban J connectivity index is 1.62. The summed E-state index contributed by atoms with van der Waals surface area (Å²) in [5, 5.41) is 4.98. The van der Waals surface area contributed by atoms with E-state index < -0.39 is 9.84 Å². The predicted molar refractivity (Wildman–Crippen MR) is 100 cm³/mol. The highest BCUT2D eigenvalue weighted by molar-refractivity contribution is 7.91. The van der Waals surface area contributed by atoms with E-state index in [9.17, 15) is 8.42 Å². The van der Waals surface area contributed by atoms with Gasteiger partial charge in [-0.2, -0.15) is 0 Å². The summed E-state index contributed by atoms with van der Waals surface area (Å²) in [7, 11) is -3.63. The average molecular weight is 388 g/mol. The van der Waals surface area contributed by atoms with Gasteiger partial charge in [-0.3, -0.25) is 0 Å². The highest BCUT2D eigenvalue weighted by atomic mass is 35.5. The van der Waals surface area contributed by atoms with E-state index in [-0.39, 0.29) is 15.8 Å². The van der Waals surface area contributed by atoms with Crippen molar-refractivity contribution in [3.05, 3.63) is 58.8 Å². The lowest BCUT2D eigenvalue weighted by Gasteiger charge is -2.22. The second-order valence-corrected chi connectivity index (χ2v) is 9.47. The Hall–Kier alpha value is -1.82. The predicted octanol–water partition coefficient (Wildman–Crippen LogP) is 4.52. The van der Waals surface area contributed by atoms with Crippen molar-refractivity contribution in [2.24, 2.45) is 5.92 Å². The Morgan fingerprint density at radius 2 is 1.88 bits per heavy atom. The Kier molecular flexibility index (Phi) is 3.68. The van der Waals surface area contributed by atoms with Crippen LogP contribution in [0.2, 0.25) is 5.02 Å². The summed E-state index contributed by atoms with van der Waals surface area (Å²) in [5.74, 6) is 1.63. The number of benzene rings is 2. The van der Waals surface area contributed by atoms with Gasteiger partial charge in [0, 0.05) is 28.6 Å². The number of furan rings is 1. The number of halogens is 1. The zero-order valence-electron chi connectivity index (χ0n) is 14.0. The zero-order valence-corrected chi connectivity index (χ0v) is 15.6. The summed E-state index contributed by atoms with van der Waals surface area (Å²) in [5.41, 5.74) is 1.87. The van der Waals surface area contributed by atoms with Crippen LogP contribution in [0.1, 0.15) is 30.2 Å². The Morgan fingerprint density at radius 1 is 1.08 bits per heavy atom. The van der Waals surface area contributed by atoms with E-state index in [4.69, 9.17) is 16.0 Å². The summed E-state index contributed by atoms with van der Waals surface area (Å²) in [6, 6.07) is 11.8. The molecule has 0 radical (unpaired) electrons. The molecule has 26 heavy (non-hydrogen) atoms. The van der Waals surface area contributed by atoms with Crippen LogP contribution in [-0.4, -0.2) is 15.0 Å². The fourth-order valence-electron chi connectivity index (χ4n) is 3.85. The summed E-state index contributed by atoms with van der Waals surface area (Å²) in [6.07, 6.45) is 3.36. The SMILES string of the molecule is O=S(=O)(c1cccc(Cl)c1)c1ccc2c3c(oc2c1)C(C1CC1)NCC3. The first kappa shape index (κ1) is 16.4. The van der Waals surface area contributed by atoms with Crippen LogP contribution in [0, 0.1) is 5.92 Å². The molecule has 2 aliphatic rings. The van der Waals surface area contributed by atoms with Gasteiger partial charge in [0.25, 0.3) is 0 Å². The standard InChI is InChI=1S/C20H18ClNO3S/c21-13-2-1-3-14(10-13)26(23,24)15-6-7-16-17-8-9-22-19(12-4-5-12)20(17)25-18(16)11-15/h1-3,6-7,10-12,19,22H,4-5,8-9H2. The van der Waals surface area contributed by atoms with Crippen molar-refractivity contribution in [3.8, 4) is 0 Å². The van der Waals surface area contributed by atoms with E-state index in [1.807, 2.05) is 6.07 Å². The molecule has 1 saturated carbocycles. The summed E-state index contributed by atoms with van der Waals surface area (Å²) >= 11 is 5.96. The molecule has 2 aromatic carbocycles. The van der Waals surface area contributed by atoms with Gasteiger partial charge in [-0.05, 0) is 55.5 Å². The minimum Gasteiger partial charge on any atom is -0.459 e. The number of hydrogen-bond acceptors (Lipinski definition) is 4. The molecule has 0 amide bonds. The van der Waals surface area contributed by atoms with Crippen LogP contribution in [0.5, 0.6) is 0 Å². The van der Waals surface area contributed by atoms with Crippen LogP contribution in [-0.2, 0) is 16.3 Å². The first-order valence-electron chi connectivity index (χ1n) is 8.83. The van der Waals surface area contributed by atoms with Crippen molar-refractivity contribution >= 4 is 32.4 Å². The smallest absolute Gasteiger partial charge is 0.206 e. The van der Waals surface area contributed by atoms with Gasteiger partial charge in [-0.1, -0.05) is 17.7 Å². The summed E-state index contributed by atoms with van der Waals surface area (Å²) < 4.78 is 32.0. The molecule has 1 fully saturated rings. The van der Waals surface area contributed by atoms with Crippen LogP contribution in [0.15, 0.2) is 56.7 Å². The topological polar surface area (TPSA) is 59.3 Å². The summed E-state index contributed by atoms with van der Waals surface area (Å²) in [4.78, 5) is 0.424. The van der Waals surface area contributed by atoms with Crippen molar-refractivity contribution in [2.45, 2.75) is 35.1 Å². The highest BCUT2D eigenvalue weighted by Crippen LogP contribution is 2.45. The molecule has 6 heteroatoms. The van der Waals surface area contributed by atoms with Crippen molar-refractivity contribution in [1.29, 1.82) is 0 Å².